The van der Waals surface area contributed by atoms with Gasteiger partial charge in [-0.15, -0.1) is 0 Å². The minimum atomic E-state index is -0.0632. The minimum absolute atomic E-state index is 0.0606. The Kier molecular flexibility index (Phi) is 3.48. The number of hydrogen-bond donors (Lipinski definition) is 2. The van der Waals surface area contributed by atoms with Crippen LogP contribution in [0, 0.1) is 40.4 Å². The highest BCUT2D eigenvalue weighted by Crippen LogP contribution is 2.67. The van der Waals surface area contributed by atoms with E-state index >= 15 is 0 Å². The highest BCUT2D eigenvalue weighted by atomic mass is 16.3. The third-order valence-corrected chi connectivity index (χ3v) is 9.16. The summed E-state index contributed by atoms with van der Waals surface area (Å²) in [6, 6.07) is 0. The predicted octanol–water partition coefficient (Wildman–Crippen LogP) is 4.00. The molecule has 2 heteroatoms. The molecule has 4 rings (SSSR count). The second kappa shape index (κ2) is 4.96. The van der Waals surface area contributed by atoms with Crippen LogP contribution < -0.4 is 0 Å². The molecule has 0 unspecified atom stereocenters. The van der Waals surface area contributed by atoms with E-state index in [1.54, 1.807) is 0 Å². The Hall–Kier alpha value is -0.0800. The largest absolute Gasteiger partial charge is 0.393 e. The minimum Gasteiger partial charge on any atom is -0.393 e. The fraction of sp³-hybridized carbons (Fsp3) is 1.00. The fourth-order valence-corrected chi connectivity index (χ4v) is 7.67. The molecule has 0 saturated heterocycles. The summed E-state index contributed by atoms with van der Waals surface area (Å²) in [6.45, 7) is 7.32. The van der Waals surface area contributed by atoms with Gasteiger partial charge in [-0.2, -0.15) is 0 Å². The lowest BCUT2D eigenvalue weighted by molar-refractivity contribution is -0.156. The van der Waals surface area contributed by atoms with E-state index in [9.17, 15) is 10.2 Å². The molecule has 0 aromatic carbocycles. The van der Waals surface area contributed by atoms with E-state index in [4.69, 9.17) is 0 Å². The molecule has 2 nitrogen and oxygen atoms in total. The van der Waals surface area contributed by atoms with E-state index < -0.39 is 0 Å². The quantitative estimate of drug-likeness (QED) is 0.710. The first-order chi connectivity index (χ1) is 10.4. The van der Waals surface area contributed by atoms with Crippen LogP contribution in [0.1, 0.15) is 72.1 Å². The van der Waals surface area contributed by atoms with Gasteiger partial charge in [-0.3, -0.25) is 0 Å². The number of aliphatic hydroxyl groups is 2. The average Bonchev–Trinajstić information content (AvgIpc) is 2.77. The summed E-state index contributed by atoms with van der Waals surface area (Å²) < 4.78 is 0. The molecule has 0 aliphatic heterocycles. The van der Waals surface area contributed by atoms with Crippen LogP contribution in [0.25, 0.3) is 0 Å². The topological polar surface area (TPSA) is 40.5 Å². The molecule has 2 N–H and O–H groups in total. The first kappa shape index (κ1) is 15.4. The average molecular weight is 306 g/mol. The molecule has 0 aromatic rings. The molecule has 0 heterocycles. The number of aliphatic hydroxyl groups excluding tert-OH is 2. The van der Waals surface area contributed by atoms with Crippen molar-refractivity contribution < 1.29 is 10.2 Å². The van der Waals surface area contributed by atoms with Gasteiger partial charge in [-0.25, -0.2) is 0 Å². The van der Waals surface area contributed by atoms with Crippen LogP contribution in [0.5, 0.6) is 0 Å². The maximum absolute atomic E-state index is 10.5. The molecule has 0 aromatic heterocycles. The van der Waals surface area contributed by atoms with Crippen LogP contribution in [0.4, 0.5) is 0 Å². The maximum Gasteiger partial charge on any atom is 0.0596 e. The van der Waals surface area contributed by atoms with Crippen LogP contribution >= 0.6 is 0 Å². The van der Waals surface area contributed by atoms with E-state index in [2.05, 4.69) is 20.8 Å². The van der Waals surface area contributed by atoms with Crippen LogP contribution in [0.15, 0.2) is 0 Å². The molecule has 4 aliphatic rings. The Labute approximate surface area is 135 Å². The van der Waals surface area contributed by atoms with Gasteiger partial charge in [0, 0.05) is 0 Å². The second-order valence-corrected chi connectivity index (χ2v) is 9.68. The van der Waals surface area contributed by atoms with Gasteiger partial charge in [0.25, 0.3) is 0 Å². The van der Waals surface area contributed by atoms with Crippen LogP contribution in [-0.2, 0) is 0 Å². The Balaban J connectivity index is 1.66. The lowest BCUT2D eigenvalue weighted by atomic mass is 9.43. The van der Waals surface area contributed by atoms with E-state index in [0.29, 0.717) is 11.3 Å². The molecular weight excluding hydrogens is 272 g/mol. The van der Waals surface area contributed by atoms with Gasteiger partial charge >= 0.3 is 0 Å². The Morgan fingerprint density at radius 3 is 2.41 bits per heavy atom. The third kappa shape index (κ3) is 1.86. The normalized spacial score (nSPS) is 61.2. The molecule has 126 valence electrons. The van der Waals surface area contributed by atoms with Crippen molar-refractivity contribution in [3.8, 4) is 0 Å². The van der Waals surface area contributed by atoms with E-state index in [-0.39, 0.29) is 17.6 Å². The van der Waals surface area contributed by atoms with Crippen molar-refractivity contribution in [1.82, 2.24) is 0 Å². The zero-order chi connectivity index (χ0) is 15.7. The maximum atomic E-state index is 10.5. The molecule has 0 bridgehead atoms. The fourth-order valence-electron chi connectivity index (χ4n) is 7.67. The molecule has 0 amide bonds. The zero-order valence-electron chi connectivity index (χ0n) is 14.6. The molecule has 4 fully saturated rings. The van der Waals surface area contributed by atoms with Gasteiger partial charge in [0.05, 0.1) is 12.2 Å². The first-order valence-corrected chi connectivity index (χ1v) is 9.73. The predicted molar refractivity (Wildman–Crippen MR) is 88.3 cm³/mol. The van der Waals surface area contributed by atoms with Gasteiger partial charge in [-0.05, 0) is 91.8 Å². The van der Waals surface area contributed by atoms with Crippen molar-refractivity contribution in [3.05, 3.63) is 0 Å². The lowest BCUT2D eigenvalue weighted by Crippen LogP contribution is -2.57. The first-order valence-electron chi connectivity index (χ1n) is 9.73. The van der Waals surface area contributed by atoms with Gasteiger partial charge in [-0.1, -0.05) is 20.8 Å². The van der Waals surface area contributed by atoms with Gasteiger partial charge < -0.3 is 10.2 Å². The number of fused-ring (bicyclic) bond motifs is 5. The molecule has 4 aliphatic carbocycles. The van der Waals surface area contributed by atoms with E-state index in [0.717, 1.165) is 42.9 Å². The summed E-state index contributed by atoms with van der Waals surface area (Å²) in [5.74, 6) is 3.78. The molecule has 0 radical (unpaired) electrons. The standard InChI is InChI=1S/C20H34O2/c1-12-10-14(21)11-13-4-5-15-16-6-7-18(22)19(16,2)9-8-17(15)20(12,13)3/h12-18,21-22H,4-11H2,1-3H3/t12-,13-,14-,15-,16-,17-,18+,19-,20-/m0/s1. The molecule has 9 atom stereocenters. The van der Waals surface area contributed by atoms with E-state index in [1.165, 1.54) is 32.1 Å². The summed E-state index contributed by atoms with van der Waals surface area (Å²) in [4.78, 5) is 0. The Morgan fingerprint density at radius 1 is 0.864 bits per heavy atom. The van der Waals surface area contributed by atoms with Gasteiger partial charge in [0.2, 0.25) is 0 Å². The van der Waals surface area contributed by atoms with Crippen molar-refractivity contribution in [2.75, 3.05) is 0 Å². The summed E-state index contributed by atoms with van der Waals surface area (Å²) in [5.41, 5.74) is 0.624. The van der Waals surface area contributed by atoms with Crippen LogP contribution in [0.2, 0.25) is 0 Å². The number of rotatable bonds is 0. The third-order valence-electron chi connectivity index (χ3n) is 9.16. The molecule has 0 spiro atoms. The molecular formula is C20H34O2. The van der Waals surface area contributed by atoms with Crippen molar-refractivity contribution in [3.63, 3.8) is 0 Å². The van der Waals surface area contributed by atoms with Crippen molar-refractivity contribution in [1.29, 1.82) is 0 Å². The SMILES string of the molecule is C[C@H]1C[C@H](O)C[C@@H]2CC[C@H]3[C@@H]4CC[C@@H](O)[C@@]4(C)CC[C@@H]3[C@]21C. The molecule has 22 heavy (non-hydrogen) atoms. The van der Waals surface area contributed by atoms with Crippen molar-refractivity contribution in [2.24, 2.45) is 40.4 Å². The van der Waals surface area contributed by atoms with Gasteiger partial charge in [0.1, 0.15) is 0 Å². The van der Waals surface area contributed by atoms with Crippen LogP contribution in [-0.4, -0.2) is 22.4 Å². The summed E-state index contributed by atoms with van der Waals surface area (Å²) in [5, 5.41) is 20.7. The highest BCUT2D eigenvalue weighted by molar-refractivity contribution is 5.10. The Morgan fingerprint density at radius 2 is 1.64 bits per heavy atom. The molecule has 4 saturated carbocycles. The second-order valence-electron chi connectivity index (χ2n) is 9.68. The van der Waals surface area contributed by atoms with Gasteiger partial charge in [0.15, 0.2) is 0 Å². The highest BCUT2D eigenvalue weighted by Gasteiger charge is 2.61. The van der Waals surface area contributed by atoms with E-state index in [1.807, 2.05) is 0 Å². The van der Waals surface area contributed by atoms with Crippen molar-refractivity contribution >= 4 is 0 Å². The summed E-state index contributed by atoms with van der Waals surface area (Å²) in [7, 11) is 0. The zero-order valence-corrected chi connectivity index (χ0v) is 14.6. The Bertz CT molecular complexity index is 449. The summed E-state index contributed by atoms with van der Waals surface area (Å²) in [6.07, 6.45) is 9.37. The summed E-state index contributed by atoms with van der Waals surface area (Å²) >= 11 is 0. The smallest absolute Gasteiger partial charge is 0.0596 e. The monoisotopic (exact) mass is 306 g/mol. The number of hydrogen-bond acceptors (Lipinski definition) is 2. The lowest BCUT2D eigenvalue weighted by Gasteiger charge is -2.62. The van der Waals surface area contributed by atoms with Crippen LogP contribution in [0.3, 0.4) is 0 Å². The van der Waals surface area contributed by atoms with Crippen molar-refractivity contribution in [2.45, 2.75) is 84.3 Å².